The van der Waals surface area contributed by atoms with Crippen LogP contribution in [0.15, 0.2) is 84.0 Å². The lowest BCUT2D eigenvalue weighted by Gasteiger charge is -2.36. The van der Waals surface area contributed by atoms with Crippen molar-refractivity contribution < 1.29 is 23.8 Å². The zero-order chi connectivity index (χ0) is 22.1. The van der Waals surface area contributed by atoms with E-state index in [1.165, 1.54) is 14.2 Å². The van der Waals surface area contributed by atoms with E-state index in [1.54, 1.807) is 6.92 Å². The maximum atomic E-state index is 13.0. The van der Waals surface area contributed by atoms with Gasteiger partial charge in [-0.25, -0.2) is 9.59 Å². The van der Waals surface area contributed by atoms with Gasteiger partial charge in [0.2, 0.25) is 0 Å². The quantitative estimate of drug-likeness (QED) is 0.547. The topological polar surface area (TPSA) is 73.9 Å². The van der Waals surface area contributed by atoms with Crippen LogP contribution in [0.3, 0.4) is 0 Å². The van der Waals surface area contributed by atoms with Gasteiger partial charge in [0.05, 0.1) is 31.4 Å². The van der Waals surface area contributed by atoms with Crippen LogP contribution >= 0.6 is 0 Å². The van der Waals surface area contributed by atoms with Crippen LogP contribution in [0.2, 0.25) is 0 Å². The predicted molar refractivity (Wildman–Crippen MR) is 116 cm³/mol. The summed E-state index contributed by atoms with van der Waals surface area (Å²) in [4.78, 5) is 25.7. The molecule has 0 saturated heterocycles. The van der Waals surface area contributed by atoms with Crippen molar-refractivity contribution in [3.63, 3.8) is 0 Å². The zero-order valence-corrected chi connectivity index (χ0v) is 17.8. The molecule has 4 rings (SSSR count). The number of fused-ring (bicyclic) bond motifs is 2. The highest BCUT2D eigenvalue weighted by atomic mass is 16.6. The number of anilines is 1. The molecule has 2 aromatic rings. The van der Waals surface area contributed by atoms with Crippen LogP contribution in [0.25, 0.3) is 0 Å². The number of nitrogens with one attached hydrogen (secondary N) is 1. The van der Waals surface area contributed by atoms with Crippen molar-refractivity contribution in [2.75, 3.05) is 19.5 Å². The van der Waals surface area contributed by atoms with Crippen LogP contribution < -0.4 is 5.32 Å². The number of rotatable bonds is 7. The number of carbonyl (C=O) groups excluding carboxylic acids is 2. The van der Waals surface area contributed by atoms with E-state index in [9.17, 15) is 9.59 Å². The minimum absolute atomic E-state index is 0.177. The molecule has 0 aliphatic carbocycles. The number of para-hydroxylation sites is 1. The van der Waals surface area contributed by atoms with Crippen LogP contribution in [-0.2, 0) is 30.2 Å². The molecule has 0 aromatic heterocycles. The highest BCUT2D eigenvalue weighted by Crippen LogP contribution is 2.53. The first-order chi connectivity index (χ1) is 14.9. The first-order valence-electron chi connectivity index (χ1n) is 10.1. The van der Waals surface area contributed by atoms with E-state index in [4.69, 9.17) is 14.2 Å². The van der Waals surface area contributed by atoms with Crippen LogP contribution in [-0.4, -0.2) is 43.4 Å². The largest absolute Gasteiger partial charge is 0.466 e. The second kappa shape index (κ2) is 8.04. The van der Waals surface area contributed by atoms with Crippen molar-refractivity contribution in [3.8, 4) is 0 Å². The lowest BCUT2D eigenvalue weighted by Crippen LogP contribution is -2.49. The number of hydrogen-bond acceptors (Lipinski definition) is 6. The highest BCUT2D eigenvalue weighted by Gasteiger charge is 2.63. The third-order valence-electron chi connectivity index (χ3n) is 5.86. The van der Waals surface area contributed by atoms with E-state index in [0.29, 0.717) is 6.42 Å². The highest BCUT2D eigenvalue weighted by molar-refractivity contribution is 6.06. The average molecular weight is 419 g/mol. The molecule has 2 bridgehead atoms. The SMILES string of the molecule is COC(=O)C1=C(C(=O)OC)C2(C(Cc3ccccc3)Nc3ccccc3)C=CC1(C)O2. The normalized spacial score (nSPS) is 24.7. The first kappa shape index (κ1) is 20.9. The van der Waals surface area contributed by atoms with E-state index in [1.807, 2.05) is 72.8 Å². The summed E-state index contributed by atoms with van der Waals surface area (Å²) in [7, 11) is 2.59. The van der Waals surface area contributed by atoms with Crippen molar-refractivity contribution in [3.05, 3.63) is 89.5 Å². The van der Waals surface area contributed by atoms with Crippen LogP contribution in [0, 0.1) is 0 Å². The number of benzene rings is 2. The number of esters is 2. The van der Waals surface area contributed by atoms with Gasteiger partial charge in [-0.3, -0.25) is 0 Å². The molecule has 0 radical (unpaired) electrons. The molecule has 31 heavy (non-hydrogen) atoms. The van der Waals surface area contributed by atoms with Crippen molar-refractivity contribution in [1.29, 1.82) is 0 Å². The molecule has 6 heteroatoms. The predicted octanol–water partition coefficient (Wildman–Crippen LogP) is 3.45. The van der Waals surface area contributed by atoms with Crippen LogP contribution in [0.4, 0.5) is 5.69 Å². The number of carbonyl (C=O) groups is 2. The van der Waals surface area contributed by atoms with Gasteiger partial charge < -0.3 is 19.5 Å². The second-order valence-corrected chi connectivity index (χ2v) is 7.82. The summed E-state index contributed by atoms with van der Waals surface area (Å²) < 4.78 is 16.6. The molecule has 0 saturated carbocycles. The lowest BCUT2D eigenvalue weighted by atomic mass is 9.77. The summed E-state index contributed by atoms with van der Waals surface area (Å²) in [6.45, 7) is 1.76. The molecule has 2 aliphatic heterocycles. The van der Waals surface area contributed by atoms with Gasteiger partial charge in [-0.05, 0) is 43.2 Å². The summed E-state index contributed by atoms with van der Waals surface area (Å²) >= 11 is 0. The molecule has 3 unspecified atom stereocenters. The number of methoxy groups -OCH3 is 2. The third-order valence-corrected chi connectivity index (χ3v) is 5.86. The monoisotopic (exact) mass is 419 g/mol. The van der Waals surface area contributed by atoms with E-state index < -0.39 is 29.2 Å². The molecule has 0 spiro atoms. The maximum absolute atomic E-state index is 13.0. The standard InChI is InChI=1S/C25H25NO5/c1-24-14-15-25(31-24,21(23(28)30-3)20(24)22(27)29-2)19(16-17-10-6-4-7-11-17)26-18-12-8-5-9-13-18/h4-15,19,26H,16H2,1-3H3. The van der Waals surface area contributed by atoms with Crippen molar-refractivity contribution in [2.45, 2.75) is 30.6 Å². The Balaban J connectivity index is 1.85. The Morgan fingerprint density at radius 1 is 0.903 bits per heavy atom. The Kier molecular flexibility index (Phi) is 5.41. The van der Waals surface area contributed by atoms with E-state index in [2.05, 4.69) is 5.32 Å². The Bertz CT molecular complexity index is 1000. The van der Waals surface area contributed by atoms with Gasteiger partial charge in [0.1, 0.15) is 11.2 Å². The van der Waals surface area contributed by atoms with Gasteiger partial charge in [-0.2, -0.15) is 0 Å². The molecule has 2 heterocycles. The molecule has 2 aliphatic rings. The van der Waals surface area contributed by atoms with Gasteiger partial charge >= 0.3 is 11.9 Å². The fourth-order valence-corrected chi connectivity index (χ4v) is 4.44. The molecule has 3 atom stereocenters. The molecule has 6 nitrogen and oxygen atoms in total. The van der Waals surface area contributed by atoms with Gasteiger partial charge in [0.15, 0.2) is 0 Å². The number of hydrogen-bond donors (Lipinski definition) is 1. The Labute approximate surface area is 181 Å². The van der Waals surface area contributed by atoms with Crippen molar-refractivity contribution in [1.82, 2.24) is 0 Å². The summed E-state index contributed by atoms with van der Waals surface area (Å²) in [5, 5.41) is 3.52. The van der Waals surface area contributed by atoms with E-state index in [-0.39, 0.29) is 11.1 Å². The Morgan fingerprint density at radius 3 is 2.10 bits per heavy atom. The molecule has 160 valence electrons. The average Bonchev–Trinajstić information content (AvgIpc) is 3.29. The lowest BCUT2D eigenvalue weighted by molar-refractivity contribution is -0.139. The van der Waals surface area contributed by atoms with Crippen LogP contribution in [0.5, 0.6) is 0 Å². The van der Waals surface area contributed by atoms with Crippen molar-refractivity contribution >= 4 is 17.6 Å². The van der Waals surface area contributed by atoms with E-state index in [0.717, 1.165) is 11.3 Å². The fraction of sp³-hybridized carbons (Fsp3) is 0.280. The van der Waals surface area contributed by atoms with Crippen LogP contribution in [0.1, 0.15) is 12.5 Å². The molecular weight excluding hydrogens is 394 g/mol. The van der Waals surface area contributed by atoms with Gasteiger partial charge in [0.25, 0.3) is 0 Å². The molecule has 0 amide bonds. The molecular formula is C25H25NO5. The van der Waals surface area contributed by atoms with Crippen molar-refractivity contribution in [2.24, 2.45) is 0 Å². The molecule has 0 fully saturated rings. The Morgan fingerprint density at radius 2 is 1.48 bits per heavy atom. The minimum Gasteiger partial charge on any atom is -0.466 e. The summed E-state index contributed by atoms with van der Waals surface area (Å²) in [5.41, 5.74) is 0.0142. The summed E-state index contributed by atoms with van der Waals surface area (Å²) in [5.74, 6) is -1.21. The van der Waals surface area contributed by atoms with Gasteiger partial charge in [0, 0.05) is 5.69 Å². The maximum Gasteiger partial charge on any atom is 0.337 e. The number of ether oxygens (including phenoxy) is 3. The van der Waals surface area contributed by atoms with Gasteiger partial charge in [-0.1, -0.05) is 48.5 Å². The first-order valence-corrected chi connectivity index (χ1v) is 10.1. The second-order valence-electron chi connectivity index (χ2n) is 7.82. The van der Waals surface area contributed by atoms with Gasteiger partial charge in [-0.15, -0.1) is 0 Å². The smallest absolute Gasteiger partial charge is 0.337 e. The third kappa shape index (κ3) is 3.53. The zero-order valence-electron chi connectivity index (χ0n) is 17.8. The summed E-state index contributed by atoms with van der Waals surface area (Å²) in [6.07, 6.45) is 4.22. The van der Waals surface area contributed by atoms with E-state index >= 15 is 0 Å². The molecule has 2 aromatic carbocycles. The molecule has 1 N–H and O–H groups in total. The minimum atomic E-state index is -1.20. The Hall–Kier alpha value is -3.38. The summed E-state index contributed by atoms with van der Waals surface area (Å²) in [6, 6.07) is 19.2. The fourth-order valence-electron chi connectivity index (χ4n) is 4.44.